The first-order valence-electron chi connectivity index (χ1n) is 27.5. The van der Waals surface area contributed by atoms with Crippen LogP contribution in [0.25, 0.3) is 0 Å². The second kappa shape index (κ2) is 37.7. The number of thioether (sulfide) groups is 1. The van der Waals surface area contributed by atoms with Gasteiger partial charge in [-0.25, -0.2) is 9.59 Å². The van der Waals surface area contributed by atoms with Gasteiger partial charge in [-0.2, -0.15) is 11.8 Å². The summed E-state index contributed by atoms with van der Waals surface area (Å²) in [6, 6.07) is 0.329. The van der Waals surface area contributed by atoms with Crippen LogP contribution in [0, 0.1) is 11.8 Å². The molecule has 0 aromatic carbocycles. The van der Waals surface area contributed by atoms with Gasteiger partial charge in [0.1, 0.15) is 6.10 Å². The van der Waals surface area contributed by atoms with E-state index >= 15 is 0 Å². The highest BCUT2D eigenvalue weighted by Gasteiger charge is 2.42. The van der Waals surface area contributed by atoms with Crippen molar-refractivity contribution < 1.29 is 81.3 Å². The third-order valence-corrected chi connectivity index (χ3v) is 15.0. The summed E-state index contributed by atoms with van der Waals surface area (Å²) in [4.78, 5) is 88.7. The molecule has 9 N–H and O–H groups in total. The zero-order valence-electron chi connectivity index (χ0n) is 47.3. The average Bonchev–Trinajstić information content (AvgIpc) is 3.99. The summed E-state index contributed by atoms with van der Waals surface area (Å²) in [7, 11) is 2.89. The number of hydrogen-bond acceptors (Lipinski definition) is 19. The lowest BCUT2D eigenvalue weighted by molar-refractivity contribution is -0.123. The fraction of sp³-hybridized carbons (Fsp3) is 0.691. The SMILES string of the molecule is COC1/C=C\C=C(/C)C(=O)NC2=CC(=O)C(NCCOCCOCCNC(=O)CCOCCOCCOCCOCCNC(=O)CCCC[C@H]3SCC4NC(=O)NC43)=C(C[C@H](C)C[C@@H](OC)[C@@H](O)[C@H](C)/C=C(\C)[C@H]1OC(N)=O)C2=O. The molecule has 24 nitrogen and oxygen atoms in total. The van der Waals surface area contributed by atoms with Crippen LogP contribution in [-0.4, -0.2) is 207 Å². The maximum atomic E-state index is 14.0. The first kappa shape index (κ1) is 67.3. The Bertz CT molecular complexity index is 2170. The van der Waals surface area contributed by atoms with Gasteiger partial charge < -0.3 is 85.4 Å². The van der Waals surface area contributed by atoms with Crippen LogP contribution in [0.3, 0.4) is 0 Å². The van der Waals surface area contributed by atoms with Crippen molar-refractivity contribution in [3.63, 3.8) is 0 Å². The Balaban J connectivity index is 1.03. The van der Waals surface area contributed by atoms with Crippen molar-refractivity contribution in [1.82, 2.24) is 31.9 Å². The van der Waals surface area contributed by atoms with Crippen molar-refractivity contribution in [2.45, 2.75) is 114 Å². The molecular formula is C55H87N7O17S. The highest BCUT2D eigenvalue weighted by molar-refractivity contribution is 8.00. The highest BCUT2D eigenvalue weighted by atomic mass is 32.2. The van der Waals surface area contributed by atoms with Crippen LogP contribution in [0.2, 0.25) is 0 Å². The number of nitrogens with two attached hydrogens (primary N) is 1. The molecule has 3 aliphatic heterocycles. The molecule has 25 heteroatoms. The summed E-state index contributed by atoms with van der Waals surface area (Å²) < 4.78 is 50.1. The van der Waals surface area contributed by atoms with Gasteiger partial charge in [0.05, 0.1) is 115 Å². The first-order valence-corrected chi connectivity index (χ1v) is 28.6. The molecule has 0 saturated carbocycles. The molecule has 6 amide bonds. The minimum Gasteiger partial charge on any atom is -0.439 e. The van der Waals surface area contributed by atoms with E-state index in [1.165, 1.54) is 33.3 Å². The van der Waals surface area contributed by atoms with Gasteiger partial charge in [-0.1, -0.05) is 44.6 Å². The highest BCUT2D eigenvalue weighted by Crippen LogP contribution is 2.33. The minimum absolute atomic E-state index is 0.00843. The number of aliphatic hydroxyl groups is 1. The number of ketones is 2. The third kappa shape index (κ3) is 24.5. The minimum atomic E-state index is -1.03. The molecule has 450 valence electrons. The van der Waals surface area contributed by atoms with Gasteiger partial charge >= 0.3 is 12.1 Å². The number of methoxy groups -OCH3 is 2. The number of urea groups is 1. The smallest absolute Gasteiger partial charge is 0.405 e. The molecule has 0 aromatic heterocycles. The van der Waals surface area contributed by atoms with Gasteiger partial charge in [0, 0.05) is 80.8 Å². The number of amides is 6. The molecule has 0 aromatic rings. The van der Waals surface area contributed by atoms with E-state index in [2.05, 4.69) is 31.9 Å². The Labute approximate surface area is 474 Å². The maximum absolute atomic E-state index is 14.0. The zero-order valence-corrected chi connectivity index (χ0v) is 48.1. The molecule has 0 spiro atoms. The number of primary amides is 1. The topological polar surface area (TPSA) is 321 Å². The lowest BCUT2D eigenvalue weighted by atomic mass is 9.85. The van der Waals surface area contributed by atoms with E-state index in [0.29, 0.717) is 83.0 Å². The third-order valence-electron chi connectivity index (χ3n) is 13.5. The number of Topliss-reactive ketones (excluding diaryl/α,β-unsaturated/α-hetero) is 1. The number of unbranched alkanes of at least 4 members (excludes halogenated alkanes) is 1. The Morgan fingerprint density at radius 3 is 1.99 bits per heavy atom. The van der Waals surface area contributed by atoms with Gasteiger partial charge in [-0.05, 0) is 51.0 Å². The van der Waals surface area contributed by atoms with Crippen LogP contribution in [-0.2, 0) is 66.6 Å². The summed E-state index contributed by atoms with van der Waals surface area (Å²) in [5.74, 6) is -1.69. The van der Waals surface area contributed by atoms with Crippen molar-refractivity contribution in [2.75, 3.05) is 119 Å². The normalized spacial score (nSPS) is 26.4. The van der Waals surface area contributed by atoms with Gasteiger partial charge in [0.2, 0.25) is 23.4 Å². The number of carbonyl (C=O) groups is 7. The van der Waals surface area contributed by atoms with Crippen LogP contribution < -0.4 is 37.6 Å². The standard InChI is InChI=1S/C55H87N7O17S/c1-35-30-39-48(42(63)33-40(51(39)67)60-53(68)36(2)10-9-11-43(71-5)52(79-54(56)69)38(4)32-37(3)50(66)44(31-35)72-6)59-17-21-76-24-23-74-20-16-58-47(65)14-18-73-22-26-77-28-29-78-27-25-75-19-15-57-46(64)13-8-7-12-45-49-41(34-80-45)61-55(70)62-49/h9-11,32-33,35,37,41,43-45,49-50,52,59,66H,7-8,12-31,34H2,1-6H3,(H2,56,69)(H,57,64)(H,58,65)(H,60,68)(H2,61,62,70)/b11-9-,36-10+,38-32+/t35-,37+,41?,43?,44+,45+,49?,50-,52+/m0/s1. The van der Waals surface area contributed by atoms with Crippen molar-refractivity contribution in [2.24, 2.45) is 17.6 Å². The van der Waals surface area contributed by atoms with Gasteiger partial charge in [-0.15, -0.1) is 0 Å². The van der Waals surface area contributed by atoms with E-state index in [9.17, 15) is 38.7 Å². The molecule has 0 radical (unpaired) electrons. The van der Waals surface area contributed by atoms with Gasteiger partial charge in [0.15, 0.2) is 6.10 Å². The molecule has 2 fully saturated rings. The molecule has 9 atom stereocenters. The van der Waals surface area contributed by atoms with Gasteiger partial charge in [-0.3, -0.25) is 24.0 Å². The Morgan fingerprint density at radius 1 is 0.775 bits per heavy atom. The molecule has 2 bridgehead atoms. The number of aliphatic hydroxyl groups excluding tert-OH is 1. The predicted molar refractivity (Wildman–Crippen MR) is 297 cm³/mol. The van der Waals surface area contributed by atoms with Crippen molar-refractivity contribution >= 4 is 53.2 Å². The number of ether oxygens (including phenoxy) is 9. The number of carbonyl (C=O) groups excluding carboxylic acids is 7. The van der Waals surface area contributed by atoms with E-state index in [1.807, 2.05) is 18.7 Å². The van der Waals surface area contributed by atoms with E-state index in [-0.39, 0.29) is 111 Å². The number of rotatable bonds is 33. The van der Waals surface area contributed by atoms with Crippen LogP contribution in [0.15, 0.2) is 58.5 Å². The Morgan fingerprint density at radius 2 is 1.38 bits per heavy atom. The van der Waals surface area contributed by atoms with Crippen LogP contribution in [0.1, 0.15) is 72.6 Å². The molecule has 80 heavy (non-hydrogen) atoms. The maximum Gasteiger partial charge on any atom is 0.405 e. The monoisotopic (exact) mass is 1150 g/mol. The summed E-state index contributed by atoms with van der Waals surface area (Å²) in [6.45, 7) is 11.6. The second-order valence-electron chi connectivity index (χ2n) is 19.8. The van der Waals surface area contributed by atoms with E-state index < -0.39 is 53.9 Å². The molecule has 2 saturated heterocycles. The number of allylic oxidation sites excluding steroid dienone is 4. The lowest BCUT2D eigenvalue weighted by Crippen LogP contribution is -2.38. The summed E-state index contributed by atoms with van der Waals surface area (Å²) >= 11 is 1.88. The number of fused-ring (bicyclic) bond motifs is 3. The zero-order chi connectivity index (χ0) is 58.2. The van der Waals surface area contributed by atoms with Gasteiger partial charge in [0.25, 0.3) is 5.91 Å². The molecule has 3 heterocycles. The molecule has 3 unspecified atom stereocenters. The molecule has 4 rings (SSSR count). The second-order valence-corrected chi connectivity index (χ2v) is 21.1. The molecule has 1 aliphatic carbocycles. The van der Waals surface area contributed by atoms with Crippen LogP contribution >= 0.6 is 11.8 Å². The summed E-state index contributed by atoms with van der Waals surface area (Å²) in [6.07, 6.45) is 6.68. The van der Waals surface area contributed by atoms with Crippen LogP contribution in [0.4, 0.5) is 9.59 Å². The average molecular weight is 1150 g/mol. The van der Waals surface area contributed by atoms with Crippen molar-refractivity contribution in [3.8, 4) is 0 Å². The van der Waals surface area contributed by atoms with Crippen molar-refractivity contribution in [3.05, 3.63) is 58.5 Å². The fourth-order valence-corrected chi connectivity index (χ4v) is 10.8. The largest absolute Gasteiger partial charge is 0.439 e. The predicted octanol–water partition coefficient (Wildman–Crippen LogP) is 1.80. The van der Waals surface area contributed by atoms with E-state index in [0.717, 1.165) is 31.1 Å². The molecule has 4 aliphatic rings. The number of nitrogens with one attached hydrogen (secondary N) is 6. The summed E-state index contributed by atoms with van der Waals surface area (Å²) in [5.41, 5.74) is 6.23. The Hall–Kier alpha value is -5.22. The summed E-state index contributed by atoms with van der Waals surface area (Å²) in [5, 5.41) is 29.1. The quantitative estimate of drug-likeness (QED) is 0.0201. The van der Waals surface area contributed by atoms with E-state index in [1.54, 1.807) is 26.0 Å². The number of hydrogen-bond donors (Lipinski definition) is 8. The lowest BCUT2D eigenvalue weighted by Gasteiger charge is -2.30. The molecular weight excluding hydrogens is 1060 g/mol. The first-order chi connectivity index (χ1) is 38.5. The van der Waals surface area contributed by atoms with E-state index in [4.69, 9.17) is 48.4 Å². The van der Waals surface area contributed by atoms with Crippen molar-refractivity contribution in [1.29, 1.82) is 0 Å². The van der Waals surface area contributed by atoms with Crippen LogP contribution in [0.5, 0.6) is 0 Å². The Kier molecular flexibility index (Phi) is 31.7. The fourth-order valence-electron chi connectivity index (χ4n) is 9.25.